The highest BCUT2D eigenvalue weighted by atomic mass is 35.5. The van der Waals surface area contributed by atoms with Crippen molar-refractivity contribution in [2.24, 2.45) is 0 Å². The van der Waals surface area contributed by atoms with Gasteiger partial charge in [0.2, 0.25) is 0 Å². The number of ether oxygens (including phenoxy) is 1. The van der Waals surface area contributed by atoms with Crippen LogP contribution in [0.25, 0.3) is 0 Å². The molecule has 1 saturated heterocycles. The Bertz CT molecular complexity index is 394. The maximum Gasteiger partial charge on any atom is 0.170 e. The second kappa shape index (κ2) is 6.19. The van der Waals surface area contributed by atoms with Crippen molar-refractivity contribution in [1.29, 1.82) is 0 Å². The van der Waals surface area contributed by atoms with E-state index in [-0.39, 0.29) is 6.10 Å². The number of para-hydroxylation sites is 1. The Morgan fingerprint density at radius 1 is 1.47 bits per heavy atom. The zero-order valence-electron chi connectivity index (χ0n) is 9.41. The van der Waals surface area contributed by atoms with Gasteiger partial charge in [-0.05, 0) is 37.2 Å². The molecule has 92 valence electrons. The number of anilines is 1. The maximum atomic E-state index is 6.02. The van der Waals surface area contributed by atoms with Crippen molar-refractivity contribution in [3.05, 3.63) is 29.3 Å². The summed E-state index contributed by atoms with van der Waals surface area (Å²) in [6.45, 7) is 1.60. The van der Waals surface area contributed by atoms with Crippen LogP contribution in [0.4, 0.5) is 5.69 Å². The van der Waals surface area contributed by atoms with Crippen LogP contribution in [0, 0.1) is 0 Å². The van der Waals surface area contributed by atoms with Gasteiger partial charge in [-0.15, -0.1) is 0 Å². The highest BCUT2D eigenvalue weighted by molar-refractivity contribution is 7.80. The predicted molar refractivity (Wildman–Crippen MR) is 74.6 cm³/mol. The Kier molecular flexibility index (Phi) is 4.59. The average Bonchev–Trinajstić information content (AvgIpc) is 2.82. The lowest BCUT2D eigenvalue weighted by atomic mass is 10.2. The van der Waals surface area contributed by atoms with E-state index < -0.39 is 0 Å². The summed E-state index contributed by atoms with van der Waals surface area (Å²) in [7, 11) is 0. The molecule has 1 heterocycles. The molecule has 0 spiro atoms. The molecule has 17 heavy (non-hydrogen) atoms. The Balaban J connectivity index is 1.79. The summed E-state index contributed by atoms with van der Waals surface area (Å²) in [4.78, 5) is 0. The van der Waals surface area contributed by atoms with Crippen molar-refractivity contribution in [2.45, 2.75) is 18.9 Å². The van der Waals surface area contributed by atoms with Crippen LogP contribution in [0.1, 0.15) is 12.8 Å². The summed E-state index contributed by atoms with van der Waals surface area (Å²) < 4.78 is 5.50. The number of hydrogen-bond donors (Lipinski definition) is 2. The van der Waals surface area contributed by atoms with Crippen LogP contribution in [0.15, 0.2) is 24.3 Å². The Morgan fingerprint density at radius 3 is 3.00 bits per heavy atom. The summed E-state index contributed by atoms with van der Waals surface area (Å²) in [5.41, 5.74) is 0.819. The quantitative estimate of drug-likeness (QED) is 0.828. The SMILES string of the molecule is S=C(NC[C@@H]1CCCO1)Nc1ccccc1Cl. The predicted octanol–water partition coefficient (Wildman–Crippen LogP) is 2.81. The van der Waals surface area contributed by atoms with E-state index in [1.54, 1.807) is 0 Å². The zero-order valence-corrected chi connectivity index (χ0v) is 11.0. The lowest BCUT2D eigenvalue weighted by Gasteiger charge is -2.14. The lowest BCUT2D eigenvalue weighted by Crippen LogP contribution is -2.34. The number of benzene rings is 1. The van der Waals surface area contributed by atoms with Gasteiger partial charge in [0.05, 0.1) is 16.8 Å². The van der Waals surface area contributed by atoms with Crippen LogP contribution < -0.4 is 10.6 Å². The Labute approximate surface area is 111 Å². The molecule has 1 aromatic carbocycles. The van der Waals surface area contributed by atoms with Crippen molar-refractivity contribution < 1.29 is 4.74 Å². The molecule has 0 bridgehead atoms. The fourth-order valence-electron chi connectivity index (χ4n) is 1.74. The van der Waals surface area contributed by atoms with E-state index in [1.165, 1.54) is 0 Å². The van der Waals surface area contributed by atoms with Gasteiger partial charge in [-0.1, -0.05) is 23.7 Å². The van der Waals surface area contributed by atoms with Crippen molar-refractivity contribution in [1.82, 2.24) is 5.32 Å². The topological polar surface area (TPSA) is 33.3 Å². The van der Waals surface area contributed by atoms with E-state index in [9.17, 15) is 0 Å². The minimum Gasteiger partial charge on any atom is -0.376 e. The van der Waals surface area contributed by atoms with E-state index in [4.69, 9.17) is 28.6 Å². The van der Waals surface area contributed by atoms with E-state index in [1.807, 2.05) is 24.3 Å². The minimum atomic E-state index is 0.279. The van der Waals surface area contributed by atoms with Gasteiger partial charge in [-0.3, -0.25) is 0 Å². The molecule has 0 aliphatic carbocycles. The van der Waals surface area contributed by atoms with Crippen LogP contribution in [0.5, 0.6) is 0 Å². The number of rotatable bonds is 3. The molecule has 1 aliphatic rings. The standard InChI is InChI=1S/C12H15ClN2OS/c13-10-5-1-2-6-11(10)15-12(17)14-8-9-4-3-7-16-9/h1-2,5-6,9H,3-4,7-8H2,(H2,14,15,17)/t9-/m0/s1. The van der Waals surface area contributed by atoms with E-state index in [0.29, 0.717) is 10.1 Å². The molecule has 1 aliphatic heterocycles. The summed E-state index contributed by atoms with van der Waals surface area (Å²) >= 11 is 11.2. The summed E-state index contributed by atoms with van der Waals surface area (Å²) in [5, 5.41) is 7.44. The van der Waals surface area contributed by atoms with Gasteiger partial charge in [-0.25, -0.2) is 0 Å². The molecule has 0 radical (unpaired) electrons. The van der Waals surface area contributed by atoms with Gasteiger partial charge in [0.15, 0.2) is 5.11 Å². The molecule has 0 aromatic heterocycles. The van der Waals surface area contributed by atoms with Crippen LogP contribution in [0.3, 0.4) is 0 Å². The largest absolute Gasteiger partial charge is 0.376 e. The first kappa shape index (κ1) is 12.6. The first-order valence-electron chi connectivity index (χ1n) is 5.66. The zero-order chi connectivity index (χ0) is 12.1. The van der Waals surface area contributed by atoms with Crippen LogP contribution in [-0.4, -0.2) is 24.4 Å². The third kappa shape index (κ3) is 3.84. The van der Waals surface area contributed by atoms with Gasteiger partial charge in [0, 0.05) is 13.2 Å². The molecular weight excluding hydrogens is 256 g/mol. The van der Waals surface area contributed by atoms with Crippen LogP contribution in [-0.2, 0) is 4.74 Å². The second-order valence-electron chi connectivity index (χ2n) is 3.95. The van der Waals surface area contributed by atoms with E-state index in [0.717, 1.165) is 31.7 Å². The summed E-state index contributed by atoms with van der Waals surface area (Å²) in [6.07, 6.45) is 2.51. The van der Waals surface area contributed by atoms with E-state index in [2.05, 4.69) is 10.6 Å². The van der Waals surface area contributed by atoms with E-state index >= 15 is 0 Å². The van der Waals surface area contributed by atoms with Gasteiger partial charge in [-0.2, -0.15) is 0 Å². The van der Waals surface area contributed by atoms with Crippen molar-refractivity contribution >= 4 is 34.6 Å². The highest BCUT2D eigenvalue weighted by Gasteiger charge is 2.15. The lowest BCUT2D eigenvalue weighted by molar-refractivity contribution is 0.114. The average molecular weight is 271 g/mol. The first-order valence-corrected chi connectivity index (χ1v) is 6.45. The Morgan fingerprint density at radius 2 is 2.29 bits per heavy atom. The molecule has 2 rings (SSSR count). The first-order chi connectivity index (χ1) is 8.25. The van der Waals surface area contributed by atoms with Crippen molar-refractivity contribution in [2.75, 3.05) is 18.5 Å². The smallest absolute Gasteiger partial charge is 0.170 e. The van der Waals surface area contributed by atoms with Crippen LogP contribution in [0.2, 0.25) is 5.02 Å². The molecule has 1 atom stereocenters. The monoisotopic (exact) mass is 270 g/mol. The molecule has 1 fully saturated rings. The third-order valence-electron chi connectivity index (χ3n) is 2.64. The minimum absolute atomic E-state index is 0.279. The fraction of sp³-hybridized carbons (Fsp3) is 0.417. The van der Waals surface area contributed by atoms with Gasteiger partial charge >= 0.3 is 0 Å². The van der Waals surface area contributed by atoms with Crippen molar-refractivity contribution in [3.8, 4) is 0 Å². The molecule has 0 saturated carbocycles. The molecule has 0 unspecified atom stereocenters. The fourth-order valence-corrected chi connectivity index (χ4v) is 2.12. The summed E-state index contributed by atoms with van der Waals surface area (Å²) in [5.74, 6) is 0. The molecule has 5 heteroatoms. The molecular formula is C12H15ClN2OS. The van der Waals surface area contributed by atoms with Gasteiger partial charge in [0.1, 0.15) is 0 Å². The number of hydrogen-bond acceptors (Lipinski definition) is 2. The highest BCUT2D eigenvalue weighted by Crippen LogP contribution is 2.20. The van der Waals surface area contributed by atoms with Crippen LogP contribution >= 0.6 is 23.8 Å². The van der Waals surface area contributed by atoms with Crippen molar-refractivity contribution in [3.63, 3.8) is 0 Å². The third-order valence-corrected chi connectivity index (χ3v) is 3.21. The van der Waals surface area contributed by atoms with Gasteiger partial charge < -0.3 is 15.4 Å². The second-order valence-corrected chi connectivity index (χ2v) is 4.77. The number of halogens is 1. The molecule has 3 nitrogen and oxygen atoms in total. The Hall–Kier alpha value is -0.840. The number of thiocarbonyl (C=S) groups is 1. The number of nitrogens with one attached hydrogen (secondary N) is 2. The molecule has 1 aromatic rings. The summed E-state index contributed by atoms with van der Waals surface area (Å²) in [6, 6.07) is 7.52. The molecule has 2 N–H and O–H groups in total. The van der Waals surface area contributed by atoms with Gasteiger partial charge in [0.25, 0.3) is 0 Å². The maximum absolute atomic E-state index is 6.02. The normalized spacial score (nSPS) is 19.0. The molecule has 0 amide bonds.